The molecule has 3 rings (SSSR count). The third-order valence-corrected chi connectivity index (χ3v) is 3.83. The van der Waals surface area contributed by atoms with E-state index in [1.807, 2.05) is 30.3 Å². The number of aryl methyl sites for hydroxylation is 1. The molecule has 1 aromatic heterocycles. The number of para-hydroxylation sites is 1. The molecule has 0 saturated heterocycles. The number of fused-ring (bicyclic) bond motifs is 1. The number of halogens is 1. The summed E-state index contributed by atoms with van der Waals surface area (Å²) in [6.07, 6.45) is 0. The van der Waals surface area contributed by atoms with Crippen LogP contribution in [0.2, 0.25) is 0 Å². The molecule has 0 bridgehead atoms. The van der Waals surface area contributed by atoms with Gasteiger partial charge >= 0.3 is 0 Å². The lowest BCUT2D eigenvalue weighted by molar-refractivity contribution is 0.479. The number of anilines is 1. The van der Waals surface area contributed by atoms with Gasteiger partial charge in [-0.1, -0.05) is 22.0 Å². The highest BCUT2D eigenvalue weighted by Crippen LogP contribution is 2.35. The molecule has 0 fully saturated rings. The number of hydrogen-bond acceptors (Lipinski definition) is 3. The van der Waals surface area contributed by atoms with Crippen LogP contribution in [0, 0.1) is 0 Å². The number of nitrogens with zero attached hydrogens (tertiary/aromatic N) is 2. The number of benzene rings is 2. The maximum absolute atomic E-state index is 10.2. The van der Waals surface area contributed by atoms with E-state index >= 15 is 0 Å². The minimum absolute atomic E-state index is 0.0802. The fourth-order valence-electron chi connectivity index (χ4n) is 2.37. The van der Waals surface area contributed by atoms with E-state index in [2.05, 4.69) is 32.4 Å². The topological polar surface area (TPSA) is 64.1 Å². The largest absolute Gasteiger partial charge is 0.505 e. The Morgan fingerprint density at radius 3 is 2.85 bits per heavy atom. The zero-order valence-corrected chi connectivity index (χ0v) is 12.6. The molecule has 4 nitrogen and oxygen atoms in total. The van der Waals surface area contributed by atoms with E-state index in [1.54, 1.807) is 6.07 Å². The fraction of sp³-hybridized carbons (Fsp3) is 0.133. The van der Waals surface area contributed by atoms with Crippen molar-refractivity contribution in [2.24, 2.45) is 0 Å². The lowest BCUT2D eigenvalue weighted by atomic mass is 10.1. The number of aromatic hydroxyl groups is 1. The first-order valence-corrected chi connectivity index (χ1v) is 7.14. The smallest absolute Gasteiger partial charge is 0.149 e. The average molecular weight is 332 g/mol. The first-order valence-electron chi connectivity index (χ1n) is 6.35. The summed E-state index contributed by atoms with van der Waals surface area (Å²) in [7, 11) is 0. The molecule has 0 unspecified atom stereocenters. The van der Waals surface area contributed by atoms with Gasteiger partial charge in [-0.3, -0.25) is 0 Å². The van der Waals surface area contributed by atoms with Gasteiger partial charge in [0, 0.05) is 11.0 Å². The van der Waals surface area contributed by atoms with Crippen LogP contribution in [-0.2, 0) is 6.54 Å². The molecule has 2 aromatic carbocycles. The molecule has 3 N–H and O–H groups in total. The van der Waals surface area contributed by atoms with Gasteiger partial charge in [-0.15, -0.1) is 0 Å². The number of aromatic nitrogens is 2. The van der Waals surface area contributed by atoms with Gasteiger partial charge in [-0.2, -0.15) is 0 Å². The molecular weight excluding hydrogens is 318 g/mol. The molecule has 20 heavy (non-hydrogen) atoms. The van der Waals surface area contributed by atoms with Crippen molar-refractivity contribution in [2.75, 3.05) is 5.73 Å². The standard InChI is InChI=1S/C15H14BrN3O/c1-2-19-13-7-6-9(16)8-12(13)18-15(19)10-4-3-5-11(17)14(10)20/h3-8,20H,2,17H2,1H3. The molecule has 0 atom stereocenters. The summed E-state index contributed by atoms with van der Waals surface area (Å²) in [6, 6.07) is 11.3. The van der Waals surface area contributed by atoms with E-state index in [9.17, 15) is 5.11 Å². The van der Waals surface area contributed by atoms with E-state index in [1.165, 1.54) is 0 Å². The maximum atomic E-state index is 10.2. The summed E-state index contributed by atoms with van der Waals surface area (Å²) in [5.74, 6) is 0.807. The minimum atomic E-state index is 0.0802. The van der Waals surface area contributed by atoms with Crippen LogP contribution in [0.25, 0.3) is 22.4 Å². The van der Waals surface area contributed by atoms with Gasteiger partial charge in [0.25, 0.3) is 0 Å². The van der Waals surface area contributed by atoms with Gasteiger partial charge in [-0.05, 0) is 37.3 Å². The van der Waals surface area contributed by atoms with E-state index in [4.69, 9.17) is 5.73 Å². The Morgan fingerprint density at radius 2 is 2.10 bits per heavy atom. The van der Waals surface area contributed by atoms with Crippen LogP contribution in [0.1, 0.15) is 6.92 Å². The van der Waals surface area contributed by atoms with Crippen LogP contribution in [0.4, 0.5) is 5.69 Å². The van der Waals surface area contributed by atoms with Gasteiger partial charge in [0.05, 0.1) is 22.3 Å². The van der Waals surface area contributed by atoms with Crippen LogP contribution in [0.5, 0.6) is 5.75 Å². The fourth-order valence-corrected chi connectivity index (χ4v) is 2.72. The summed E-state index contributed by atoms with van der Waals surface area (Å²) in [5, 5.41) is 10.2. The number of nitrogens with two attached hydrogens (primary N) is 1. The average Bonchev–Trinajstić information content (AvgIpc) is 2.79. The van der Waals surface area contributed by atoms with Crippen molar-refractivity contribution < 1.29 is 5.11 Å². The highest BCUT2D eigenvalue weighted by Gasteiger charge is 2.15. The predicted molar refractivity (Wildman–Crippen MR) is 84.6 cm³/mol. The third kappa shape index (κ3) is 1.94. The van der Waals surface area contributed by atoms with E-state index in [0.29, 0.717) is 11.3 Å². The molecule has 0 aliphatic carbocycles. The highest BCUT2D eigenvalue weighted by molar-refractivity contribution is 9.10. The molecule has 0 amide bonds. The van der Waals surface area contributed by atoms with Crippen LogP contribution in [0.15, 0.2) is 40.9 Å². The maximum Gasteiger partial charge on any atom is 0.149 e. The van der Waals surface area contributed by atoms with Gasteiger partial charge in [-0.25, -0.2) is 4.98 Å². The molecule has 0 radical (unpaired) electrons. The van der Waals surface area contributed by atoms with Crippen LogP contribution >= 0.6 is 15.9 Å². The molecule has 5 heteroatoms. The summed E-state index contributed by atoms with van der Waals surface area (Å²) >= 11 is 3.45. The van der Waals surface area contributed by atoms with Crippen molar-refractivity contribution >= 4 is 32.7 Å². The quantitative estimate of drug-likeness (QED) is 0.555. The van der Waals surface area contributed by atoms with E-state index in [0.717, 1.165) is 27.9 Å². The van der Waals surface area contributed by atoms with Gasteiger partial charge in [0.1, 0.15) is 11.6 Å². The van der Waals surface area contributed by atoms with Crippen molar-refractivity contribution in [3.8, 4) is 17.1 Å². The second kappa shape index (κ2) is 4.83. The number of hydrogen-bond donors (Lipinski definition) is 2. The summed E-state index contributed by atoms with van der Waals surface area (Å²) < 4.78 is 3.05. The minimum Gasteiger partial charge on any atom is -0.505 e. The van der Waals surface area contributed by atoms with Gasteiger partial charge in [0.2, 0.25) is 0 Å². The normalized spacial score (nSPS) is 11.1. The van der Waals surface area contributed by atoms with E-state index < -0.39 is 0 Å². The van der Waals surface area contributed by atoms with Crippen LogP contribution < -0.4 is 5.73 Å². The van der Waals surface area contributed by atoms with Crippen molar-refractivity contribution in [3.63, 3.8) is 0 Å². The second-order valence-electron chi connectivity index (χ2n) is 4.56. The molecule has 3 aromatic rings. The number of nitrogen functional groups attached to an aromatic ring is 1. The van der Waals surface area contributed by atoms with Crippen LogP contribution in [0.3, 0.4) is 0 Å². The molecule has 0 saturated carbocycles. The van der Waals surface area contributed by atoms with E-state index in [-0.39, 0.29) is 5.75 Å². The van der Waals surface area contributed by atoms with Crippen molar-refractivity contribution in [1.29, 1.82) is 0 Å². The van der Waals surface area contributed by atoms with Gasteiger partial charge < -0.3 is 15.4 Å². The second-order valence-corrected chi connectivity index (χ2v) is 5.47. The Hall–Kier alpha value is -2.01. The number of phenols is 1. The lowest BCUT2D eigenvalue weighted by Gasteiger charge is -2.09. The summed E-state index contributed by atoms with van der Waals surface area (Å²) in [6.45, 7) is 2.82. The SMILES string of the molecule is CCn1c(-c2cccc(N)c2O)nc2cc(Br)ccc21. The number of imidazole rings is 1. The molecule has 0 aliphatic heterocycles. The first kappa shape index (κ1) is 13.0. The molecule has 1 heterocycles. The Bertz CT molecular complexity index is 795. The monoisotopic (exact) mass is 331 g/mol. The Balaban J connectivity index is 2.33. The number of phenolic OH excluding ortho intramolecular Hbond substituents is 1. The summed E-state index contributed by atoms with van der Waals surface area (Å²) in [5.41, 5.74) is 8.71. The predicted octanol–water partition coefficient (Wildman–Crippen LogP) is 3.77. The van der Waals surface area contributed by atoms with Crippen molar-refractivity contribution in [3.05, 3.63) is 40.9 Å². The summed E-state index contributed by atoms with van der Waals surface area (Å²) in [4.78, 5) is 4.63. The Kier molecular flexibility index (Phi) is 3.14. The first-order chi connectivity index (χ1) is 9.61. The van der Waals surface area contributed by atoms with Crippen molar-refractivity contribution in [1.82, 2.24) is 9.55 Å². The third-order valence-electron chi connectivity index (χ3n) is 3.33. The molecule has 0 aliphatic rings. The van der Waals surface area contributed by atoms with Crippen molar-refractivity contribution in [2.45, 2.75) is 13.5 Å². The molecule has 102 valence electrons. The Morgan fingerprint density at radius 1 is 1.30 bits per heavy atom. The van der Waals surface area contributed by atoms with Crippen LogP contribution in [-0.4, -0.2) is 14.7 Å². The zero-order chi connectivity index (χ0) is 14.3. The zero-order valence-electron chi connectivity index (χ0n) is 11.0. The highest BCUT2D eigenvalue weighted by atomic mass is 79.9. The molecular formula is C15H14BrN3O. The van der Waals surface area contributed by atoms with Gasteiger partial charge in [0.15, 0.2) is 0 Å². The molecule has 0 spiro atoms. The lowest BCUT2D eigenvalue weighted by Crippen LogP contribution is -1.98. The Labute approximate surface area is 125 Å². The number of rotatable bonds is 2.